The quantitative estimate of drug-likeness (QED) is 0.831. The Morgan fingerprint density at radius 3 is 2.94 bits per heavy atom. The van der Waals surface area contributed by atoms with Crippen LogP contribution in [0.2, 0.25) is 0 Å². The van der Waals surface area contributed by atoms with E-state index in [0.717, 1.165) is 17.1 Å². The van der Waals surface area contributed by atoms with Gasteiger partial charge in [-0.2, -0.15) is 5.10 Å². The second-order valence-corrected chi connectivity index (χ2v) is 3.90. The van der Waals surface area contributed by atoms with Crippen molar-refractivity contribution < 1.29 is 4.74 Å². The van der Waals surface area contributed by atoms with Gasteiger partial charge in [-0.05, 0) is 36.8 Å². The molecule has 1 N–H and O–H groups in total. The standard InChI is InChI=1S/C11H13N3OS/c1-8-12-13-11(16)14(8)10-5-3-4-9(6-10)7-15-2/h3-6H,7H2,1-2H3,(H,13,16). The highest BCUT2D eigenvalue weighted by molar-refractivity contribution is 7.71. The van der Waals surface area contributed by atoms with Crippen LogP contribution in [0.5, 0.6) is 0 Å². The molecule has 0 aliphatic rings. The monoisotopic (exact) mass is 235 g/mol. The Morgan fingerprint density at radius 2 is 2.31 bits per heavy atom. The lowest BCUT2D eigenvalue weighted by Gasteiger charge is -2.06. The van der Waals surface area contributed by atoms with Crippen LogP contribution in [0.4, 0.5) is 0 Å². The number of hydrogen-bond acceptors (Lipinski definition) is 3. The van der Waals surface area contributed by atoms with Gasteiger partial charge in [0.1, 0.15) is 5.82 Å². The summed E-state index contributed by atoms with van der Waals surface area (Å²) in [6.45, 7) is 2.51. The number of nitrogens with one attached hydrogen (secondary N) is 1. The number of aromatic amines is 1. The highest BCUT2D eigenvalue weighted by atomic mass is 32.1. The predicted octanol–water partition coefficient (Wildman–Crippen LogP) is 2.38. The maximum atomic E-state index is 5.18. The fourth-order valence-electron chi connectivity index (χ4n) is 1.63. The summed E-state index contributed by atoms with van der Waals surface area (Å²) >= 11 is 5.18. The molecular formula is C11H13N3OS. The van der Waals surface area contributed by atoms with Gasteiger partial charge in [0.15, 0.2) is 4.77 Å². The first-order valence-corrected chi connectivity index (χ1v) is 5.35. The molecule has 0 saturated carbocycles. The molecule has 0 radical (unpaired) electrons. The number of nitrogens with zero attached hydrogens (tertiary/aromatic N) is 2. The molecule has 16 heavy (non-hydrogen) atoms. The van der Waals surface area contributed by atoms with Crippen LogP contribution in [-0.2, 0) is 11.3 Å². The number of ether oxygens (including phenoxy) is 1. The maximum Gasteiger partial charge on any atom is 0.199 e. The van der Waals surface area contributed by atoms with E-state index in [4.69, 9.17) is 17.0 Å². The number of H-pyrrole nitrogens is 1. The van der Waals surface area contributed by atoms with Crippen LogP contribution in [0.15, 0.2) is 24.3 Å². The Kier molecular flexibility index (Phi) is 3.17. The van der Waals surface area contributed by atoms with Crippen molar-refractivity contribution in [3.63, 3.8) is 0 Å². The second-order valence-electron chi connectivity index (χ2n) is 3.51. The summed E-state index contributed by atoms with van der Waals surface area (Å²) in [6, 6.07) is 8.04. The minimum Gasteiger partial charge on any atom is -0.380 e. The zero-order valence-corrected chi connectivity index (χ0v) is 10.0. The van der Waals surface area contributed by atoms with Gasteiger partial charge in [-0.15, -0.1) is 0 Å². The van der Waals surface area contributed by atoms with Crippen LogP contribution in [-0.4, -0.2) is 21.9 Å². The number of methoxy groups -OCH3 is 1. The minimum absolute atomic E-state index is 0.595. The van der Waals surface area contributed by atoms with E-state index in [1.807, 2.05) is 35.8 Å². The molecule has 0 spiro atoms. The summed E-state index contributed by atoms with van der Waals surface area (Å²) in [5.74, 6) is 0.847. The lowest BCUT2D eigenvalue weighted by Crippen LogP contribution is -1.98. The smallest absolute Gasteiger partial charge is 0.199 e. The van der Waals surface area contributed by atoms with Crippen molar-refractivity contribution in [2.75, 3.05) is 7.11 Å². The van der Waals surface area contributed by atoms with Gasteiger partial charge >= 0.3 is 0 Å². The summed E-state index contributed by atoms with van der Waals surface area (Å²) in [5.41, 5.74) is 2.12. The number of rotatable bonds is 3. The van der Waals surface area contributed by atoms with E-state index in [1.165, 1.54) is 0 Å². The van der Waals surface area contributed by atoms with Gasteiger partial charge in [0.2, 0.25) is 0 Å². The average Bonchev–Trinajstić information content (AvgIpc) is 2.59. The van der Waals surface area contributed by atoms with Crippen molar-refractivity contribution in [2.45, 2.75) is 13.5 Å². The topological polar surface area (TPSA) is 42.8 Å². The van der Waals surface area contributed by atoms with Gasteiger partial charge in [0.25, 0.3) is 0 Å². The molecule has 2 aromatic rings. The summed E-state index contributed by atoms with van der Waals surface area (Å²) in [4.78, 5) is 0. The van der Waals surface area contributed by atoms with E-state index in [2.05, 4.69) is 10.2 Å². The first-order chi connectivity index (χ1) is 7.72. The highest BCUT2D eigenvalue weighted by Crippen LogP contribution is 2.13. The van der Waals surface area contributed by atoms with Crippen molar-refractivity contribution in [1.29, 1.82) is 0 Å². The molecule has 0 aliphatic carbocycles. The molecule has 0 unspecified atom stereocenters. The highest BCUT2D eigenvalue weighted by Gasteiger charge is 2.04. The van der Waals surface area contributed by atoms with Gasteiger partial charge < -0.3 is 4.74 Å². The van der Waals surface area contributed by atoms with Crippen LogP contribution in [0.1, 0.15) is 11.4 Å². The molecule has 0 saturated heterocycles. The van der Waals surface area contributed by atoms with Crippen LogP contribution in [0.25, 0.3) is 5.69 Å². The molecule has 0 aliphatic heterocycles. The molecule has 0 bridgehead atoms. The zero-order chi connectivity index (χ0) is 11.5. The molecule has 0 atom stereocenters. The van der Waals surface area contributed by atoms with E-state index in [-0.39, 0.29) is 0 Å². The maximum absolute atomic E-state index is 5.18. The fourth-order valence-corrected chi connectivity index (χ4v) is 1.91. The summed E-state index contributed by atoms with van der Waals surface area (Å²) in [5, 5.41) is 6.85. The van der Waals surface area contributed by atoms with Crippen molar-refractivity contribution >= 4 is 12.2 Å². The van der Waals surface area contributed by atoms with Crippen molar-refractivity contribution in [1.82, 2.24) is 14.8 Å². The van der Waals surface area contributed by atoms with E-state index >= 15 is 0 Å². The number of aromatic nitrogens is 3. The van der Waals surface area contributed by atoms with E-state index < -0.39 is 0 Å². The third-order valence-electron chi connectivity index (χ3n) is 2.32. The van der Waals surface area contributed by atoms with Crippen LogP contribution in [0.3, 0.4) is 0 Å². The number of benzene rings is 1. The zero-order valence-electron chi connectivity index (χ0n) is 9.23. The van der Waals surface area contributed by atoms with Gasteiger partial charge in [-0.1, -0.05) is 12.1 Å². The Hall–Kier alpha value is -1.46. The van der Waals surface area contributed by atoms with E-state index in [0.29, 0.717) is 11.4 Å². The van der Waals surface area contributed by atoms with Crippen LogP contribution >= 0.6 is 12.2 Å². The van der Waals surface area contributed by atoms with Crippen LogP contribution < -0.4 is 0 Å². The SMILES string of the molecule is COCc1cccc(-n2c(C)n[nH]c2=S)c1. The molecule has 0 amide bonds. The Labute approximate surface area is 98.9 Å². The van der Waals surface area contributed by atoms with Gasteiger partial charge in [-0.25, -0.2) is 0 Å². The Morgan fingerprint density at radius 1 is 1.50 bits per heavy atom. The second kappa shape index (κ2) is 4.59. The fraction of sp³-hybridized carbons (Fsp3) is 0.273. The first-order valence-electron chi connectivity index (χ1n) is 4.94. The lowest BCUT2D eigenvalue weighted by atomic mass is 10.2. The normalized spacial score (nSPS) is 10.6. The largest absolute Gasteiger partial charge is 0.380 e. The Bertz CT molecular complexity index is 544. The first kappa shape index (κ1) is 11.0. The van der Waals surface area contributed by atoms with E-state index in [9.17, 15) is 0 Å². The molecular weight excluding hydrogens is 222 g/mol. The molecule has 2 rings (SSSR count). The third-order valence-corrected chi connectivity index (χ3v) is 2.59. The molecule has 1 aromatic heterocycles. The summed E-state index contributed by atoms with van der Waals surface area (Å²) < 4.78 is 7.60. The third kappa shape index (κ3) is 2.05. The lowest BCUT2D eigenvalue weighted by molar-refractivity contribution is 0.185. The summed E-state index contributed by atoms with van der Waals surface area (Å²) in [6.07, 6.45) is 0. The van der Waals surface area contributed by atoms with Crippen molar-refractivity contribution in [3.05, 3.63) is 40.4 Å². The van der Waals surface area contributed by atoms with Gasteiger partial charge in [0, 0.05) is 12.8 Å². The molecule has 0 fully saturated rings. The minimum atomic E-state index is 0.595. The van der Waals surface area contributed by atoms with Crippen molar-refractivity contribution in [2.24, 2.45) is 0 Å². The van der Waals surface area contributed by atoms with Crippen LogP contribution in [0, 0.1) is 11.7 Å². The molecule has 5 heteroatoms. The van der Waals surface area contributed by atoms with E-state index in [1.54, 1.807) is 7.11 Å². The van der Waals surface area contributed by atoms with Gasteiger partial charge in [-0.3, -0.25) is 9.67 Å². The number of hydrogen-bond donors (Lipinski definition) is 1. The molecule has 4 nitrogen and oxygen atoms in total. The van der Waals surface area contributed by atoms with Crippen molar-refractivity contribution in [3.8, 4) is 5.69 Å². The van der Waals surface area contributed by atoms with Gasteiger partial charge in [0.05, 0.1) is 6.61 Å². The summed E-state index contributed by atoms with van der Waals surface area (Å²) in [7, 11) is 1.68. The molecule has 1 aromatic carbocycles. The number of aryl methyl sites for hydroxylation is 1. The molecule has 84 valence electrons. The average molecular weight is 235 g/mol. The predicted molar refractivity (Wildman–Crippen MR) is 64.2 cm³/mol. The molecule has 1 heterocycles. The Balaban J connectivity index is 2.48.